The highest BCUT2D eigenvalue weighted by Gasteiger charge is 2.19. The van der Waals surface area contributed by atoms with Gasteiger partial charge in [-0.2, -0.15) is 10.1 Å². The normalized spacial score (nSPS) is 15.0. The molecule has 0 spiro atoms. The number of carboxylic acid groups (broad SMARTS) is 1. The lowest BCUT2D eigenvalue weighted by Crippen LogP contribution is -2.19. The van der Waals surface area contributed by atoms with Crippen molar-refractivity contribution >= 4 is 22.9 Å². The Hall–Kier alpha value is -1.49. The summed E-state index contributed by atoms with van der Waals surface area (Å²) in [4.78, 5) is 10.6. The maximum atomic E-state index is 10.6. The van der Waals surface area contributed by atoms with Crippen LogP contribution in [0.2, 0.25) is 0 Å². The van der Waals surface area contributed by atoms with Crippen LogP contribution in [0.15, 0.2) is 35.4 Å². The van der Waals surface area contributed by atoms with Gasteiger partial charge in [-0.3, -0.25) is 0 Å². The van der Waals surface area contributed by atoms with Gasteiger partial charge in [0.1, 0.15) is 0 Å². The van der Waals surface area contributed by atoms with Crippen molar-refractivity contribution in [3.63, 3.8) is 0 Å². The van der Waals surface area contributed by atoms with Crippen LogP contribution in [0, 0.1) is 0 Å². The van der Waals surface area contributed by atoms with Crippen LogP contribution in [-0.2, 0) is 6.42 Å². The van der Waals surface area contributed by atoms with Crippen molar-refractivity contribution in [3.05, 3.63) is 35.9 Å². The average Bonchev–Trinajstić information content (AvgIpc) is 2.76. The average molecular weight is 236 g/mol. The first kappa shape index (κ1) is 11.0. The molecule has 0 saturated carbocycles. The molecule has 4 nitrogen and oxygen atoms in total. The fourth-order valence-electron chi connectivity index (χ4n) is 1.44. The van der Waals surface area contributed by atoms with Gasteiger partial charge in [0, 0.05) is 6.42 Å². The van der Waals surface area contributed by atoms with Crippen molar-refractivity contribution in [2.45, 2.75) is 12.8 Å². The molecule has 0 unspecified atom stereocenters. The Balaban J connectivity index is 1.88. The van der Waals surface area contributed by atoms with Crippen molar-refractivity contribution in [1.29, 1.82) is 0 Å². The molecule has 0 bridgehead atoms. The van der Waals surface area contributed by atoms with E-state index in [-0.39, 0.29) is 0 Å². The maximum Gasteiger partial charge on any atom is 0.428 e. The van der Waals surface area contributed by atoms with Crippen molar-refractivity contribution in [2.24, 2.45) is 5.10 Å². The van der Waals surface area contributed by atoms with Gasteiger partial charge >= 0.3 is 6.09 Å². The number of aryl methyl sites for hydroxylation is 1. The molecule has 1 amide bonds. The monoisotopic (exact) mass is 236 g/mol. The predicted molar refractivity (Wildman–Crippen MR) is 64.5 cm³/mol. The second-order valence-electron chi connectivity index (χ2n) is 3.43. The third-order valence-electron chi connectivity index (χ3n) is 2.28. The van der Waals surface area contributed by atoms with E-state index in [0.29, 0.717) is 5.88 Å². The molecule has 5 heteroatoms. The van der Waals surface area contributed by atoms with Crippen LogP contribution in [0.3, 0.4) is 0 Å². The van der Waals surface area contributed by atoms with Gasteiger partial charge in [-0.1, -0.05) is 42.1 Å². The molecule has 1 aliphatic heterocycles. The molecular weight excluding hydrogens is 224 g/mol. The molecule has 1 aliphatic rings. The molecule has 1 aromatic carbocycles. The lowest BCUT2D eigenvalue weighted by Gasteiger charge is -2.02. The van der Waals surface area contributed by atoms with Crippen molar-refractivity contribution in [2.75, 3.05) is 5.88 Å². The van der Waals surface area contributed by atoms with Gasteiger partial charge in [0.05, 0.1) is 10.9 Å². The topological polar surface area (TPSA) is 52.9 Å². The third-order valence-corrected chi connectivity index (χ3v) is 3.27. The SMILES string of the molecule is O=C(O)N1CSC(CCc2ccccc2)=N1. The first-order valence-corrected chi connectivity index (χ1v) is 5.99. The maximum absolute atomic E-state index is 10.6. The highest BCUT2D eigenvalue weighted by molar-refractivity contribution is 8.14. The Labute approximate surface area is 98.0 Å². The Bertz CT molecular complexity index is 406. The number of hydrogen-bond donors (Lipinski definition) is 1. The number of hydrazone groups is 1. The van der Waals surface area contributed by atoms with E-state index >= 15 is 0 Å². The van der Waals surface area contributed by atoms with E-state index in [2.05, 4.69) is 17.2 Å². The molecular formula is C11H12N2O2S. The third kappa shape index (κ3) is 2.76. The zero-order chi connectivity index (χ0) is 11.4. The lowest BCUT2D eigenvalue weighted by molar-refractivity contribution is 0.156. The van der Waals surface area contributed by atoms with E-state index < -0.39 is 6.09 Å². The minimum atomic E-state index is -0.984. The van der Waals surface area contributed by atoms with Gasteiger partial charge in [0.15, 0.2) is 0 Å². The van der Waals surface area contributed by atoms with Crippen LogP contribution >= 0.6 is 11.8 Å². The molecule has 1 aromatic rings. The highest BCUT2D eigenvalue weighted by Crippen LogP contribution is 2.20. The minimum Gasteiger partial charge on any atom is -0.464 e. The van der Waals surface area contributed by atoms with Crippen LogP contribution in [0.4, 0.5) is 4.79 Å². The van der Waals surface area contributed by atoms with E-state index in [1.807, 2.05) is 18.2 Å². The summed E-state index contributed by atoms with van der Waals surface area (Å²) < 4.78 is 0. The number of benzene rings is 1. The Morgan fingerprint density at radius 3 is 2.75 bits per heavy atom. The number of thioether (sulfide) groups is 1. The Kier molecular flexibility index (Phi) is 3.46. The number of hydrogen-bond acceptors (Lipinski definition) is 3. The summed E-state index contributed by atoms with van der Waals surface area (Å²) in [6.45, 7) is 0. The van der Waals surface area contributed by atoms with Gasteiger partial charge in [-0.15, -0.1) is 0 Å². The predicted octanol–water partition coefficient (Wildman–Crippen LogP) is 2.62. The summed E-state index contributed by atoms with van der Waals surface area (Å²) in [5, 5.41) is 14.7. The molecule has 0 radical (unpaired) electrons. The molecule has 1 N–H and O–H groups in total. The second kappa shape index (κ2) is 5.03. The second-order valence-corrected chi connectivity index (χ2v) is 4.45. The summed E-state index contributed by atoms with van der Waals surface area (Å²) in [6, 6.07) is 10.1. The fourth-order valence-corrected chi connectivity index (χ4v) is 2.29. The van der Waals surface area contributed by atoms with E-state index in [0.717, 1.165) is 22.9 Å². The summed E-state index contributed by atoms with van der Waals surface area (Å²) in [6.07, 6.45) is 0.723. The first-order chi connectivity index (χ1) is 7.75. The molecule has 84 valence electrons. The number of carbonyl (C=O) groups is 1. The van der Waals surface area contributed by atoms with Gasteiger partial charge in [0.25, 0.3) is 0 Å². The number of nitrogens with zero attached hydrogens (tertiary/aromatic N) is 2. The summed E-state index contributed by atoms with van der Waals surface area (Å²) in [5.41, 5.74) is 1.25. The van der Waals surface area contributed by atoms with Crippen LogP contribution in [0.1, 0.15) is 12.0 Å². The molecule has 1 heterocycles. The summed E-state index contributed by atoms with van der Waals surface area (Å²) >= 11 is 1.49. The van der Waals surface area contributed by atoms with Crippen molar-refractivity contribution < 1.29 is 9.90 Å². The smallest absolute Gasteiger partial charge is 0.428 e. The molecule has 16 heavy (non-hydrogen) atoms. The molecule has 0 saturated heterocycles. The lowest BCUT2D eigenvalue weighted by atomic mass is 10.1. The minimum absolute atomic E-state index is 0.416. The number of amides is 1. The zero-order valence-electron chi connectivity index (χ0n) is 8.67. The van der Waals surface area contributed by atoms with Crippen molar-refractivity contribution in [1.82, 2.24) is 5.01 Å². The summed E-state index contributed by atoms with van der Waals surface area (Å²) in [7, 11) is 0. The standard InChI is InChI=1S/C11H12N2O2S/c14-11(15)13-8-16-10(12-13)7-6-9-4-2-1-3-5-9/h1-5H,6-8H2,(H,14,15). The first-order valence-electron chi connectivity index (χ1n) is 5.00. The Morgan fingerprint density at radius 2 is 2.12 bits per heavy atom. The molecule has 0 aromatic heterocycles. The molecule has 2 rings (SSSR count). The van der Waals surface area contributed by atoms with Crippen molar-refractivity contribution in [3.8, 4) is 0 Å². The van der Waals surface area contributed by atoms with Crippen LogP contribution < -0.4 is 0 Å². The molecule has 0 aliphatic carbocycles. The van der Waals surface area contributed by atoms with Gasteiger partial charge in [-0.25, -0.2) is 4.79 Å². The number of rotatable bonds is 3. The van der Waals surface area contributed by atoms with Gasteiger partial charge in [-0.05, 0) is 12.0 Å². The van der Waals surface area contributed by atoms with E-state index in [9.17, 15) is 4.79 Å². The van der Waals surface area contributed by atoms with Gasteiger partial charge < -0.3 is 5.11 Å². The highest BCUT2D eigenvalue weighted by atomic mass is 32.2. The van der Waals surface area contributed by atoms with E-state index in [1.165, 1.54) is 17.3 Å². The largest absolute Gasteiger partial charge is 0.464 e. The quantitative estimate of drug-likeness (QED) is 0.877. The van der Waals surface area contributed by atoms with Gasteiger partial charge in [0.2, 0.25) is 0 Å². The van der Waals surface area contributed by atoms with Crippen LogP contribution in [0.5, 0.6) is 0 Å². The fraction of sp³-hybridized carbons (Fsp3) is 0.273. The zero-order valence-corrected chi connectivity index (χ0v) is 9.48. The van der Waals surface area contributed by atoms with E-state index in [4.69, 9.17) is 5.11 Å². The van der Waals surface area contributed by atoms with Crippen LogP contribution in [-0.4, -0.2) is 27.1 Å². The Morgan fingerprint density at radius 1 is 1.38 bits per heavy atom. The molecule has 0 atom stereocenters. The summed E-state index contributed by atoms with van der Waals surface area (Å²) in [5.74, 6) is 0.416. The van der Waals surface area contributed by atoms with E-state index in [1.54, 1.807) is 0 Å². The molecule has 0 fully saturated rings. The van der Waals surface area contributed by atoms with Crippen LogP contribution in [0.25, 0.3) is 0 Å².